The fourth-order valence-electron chi connectivity index (χ4n) is 1.76. The van der Waals surface area contributed by atoms with Gasteiger partial charge in [-0.05, 0) is 24.3 Å². The van der Waals surface area contributed by atoms with Crippen molar-refractivity contribution in [1.82, 2.24) is 9.78 Å². The van der Waals surface area contributed by atoms with E-state index in [1.54, 1.807) is 10.7 Å². The number of aromatic carboxylic acids is 1. The Hall–Kier alpha value is -1.32. The highest BCUT2D eigenvalue weighted by Crippen LogP contribution is 2.39. The van der Waals surface area contributed by atoms with E-state index in [2.05, 4.69) is 25.9 Å². The molecule has 0 unspecified atom stereocenters. The topological polar surface area (TPSA) is 55.1 Å². The van der Waals surface area contributed by atoms with Gasteiger partial charge in [0.2, 0.25) is 0 Å². The highest BCUT2D eigenvalue weighted by Gasteiger charge is 2.29. The summed E-state index contributed by atoms with van der Waals surface area (Å²) in [5.41, 5.74) is 1.30. The van der Waals surface area contributed by atoms with Gasteiger partial charge in [0.05, 0.1) is 5.69 Å². The SMILES string of the molecule is CC(C)(C)Cn1nc(C2CC2)cc1C(=O)O. The Balaban J connectivity index is 2.30. The fraction of sp³-hybridized carbons (Fsp3) is 0.667. The largest absolute Gasteiger partial charge is 0.477 e. The maximum absolute atomic E-state index is 11.1. The molecule has 1 fully saturated rings. The van der Waals surface area contributed by atoms with Gasteiger partial charge in [-0.3, -0.25) is 4.68 Å². The lowest BCUT2D eigenvalue weighted by molar-refractivity contribution is 0.0680. The zero-order chi connectivity index (χ0) is 11.9. The van der Waals surface area contributed by atoms with E-state index in [4.69, 9.17) is 5.11 Å². The first-order valence-electron chi connectivity index (χ1n) is 5.68. The van der Waals surface area contributed by atoms with Gasteiger partial charge in [-0.15, -0.1) is 0 Å². The van der Waals surface area contributed by atoms with Crippen LogP contribution in [0.5, 0.6) is 0 Å². The molecular formula is C12H18N2O2. The lowest BCUT2D eigenvalue weighted by atomic mass is 9.97. The van der Waals surface area contributed by atoms with E-state index < -0.39 is 5.97 Å². The van der Waals surface area contributed by atoms with Crippen LogP contribution in [0.4, 0.5) is 0 Å². The van der Waals surface area contributed by atoms with E-state index in [1.807, 2.05) is 0 Å². The molecule has 0 bridgehead atoms. The molecule has 0 spiro atoms. The van der Waals surface area contributed by atoms with Crippen LogP contribution in [0.2, 0.25) is 0 Å². The van der Waals surface area contributed by atoms with Crippen LogP contribution in [0, 0.1) is 5.41 Å². The van der Waals surface area contributed by atoms with Crippen molar-refractivity contribution in [2.45, 2.75) is 46.1 Å². The monoisotopic (exact) mass is 222 g/mol. The minimum atomic E-state index is -0.886. The molecule has 0 atom stereocenters. The molecule has 0 amide bonds. The Morgan fingerprint density at radius 1 is 1.56 bits per heavy atom. The molecule has 1 aromatic rings. The predicted octanol–water partition coefficient (Wildman–Crippen LogP) is 2.50. The number of rotatable bonds is 3. The average molecular weight is 222 g/mol. The van der Waals surface area contributed by atoms with Gasteiger partial charge in [0, 0.05) is 12.5 Å². The van der Waals surface area contributed by atoms with E-state index in [0.29, 0.717) is 18.2 Å². The smallest absolute Gasteiger partial charge is 0.354 e. The number of hydrogen-bond acceptors (Lipinski definition) is 2. The lowest BCUT2D eigenvalue weighted by Crippen LogP contribution is -2.20. The van der Waals surface area contributed by atoms with Crippen molar-refractivity contribution >= 4 is 5.97 Å². The van der Waals surface area contributed by atoms with Crippen molar-refractivity contribution in [3.05, 3.63) is 17.5 Å². The Kier molecular flexibility index (Phi) is 2.52. The van der Waals surface area contributed by atoms with E-state index in [0.717, 1.165) is 18.5 Å². The molecule has 0 radical (unpaired) electrons. The molecule has 1 heterocycles. The highest BCUT2D eigenvalue weighted by atomic mass is 16.4. The van der Waals surface area contributed by atoms with Gasteiger partial charge in [-0.2, -0.15) is 5.10 Å². The van der Waals surface area contributed by atoms with Gasteiger partial charge in [0.1, 0.15) is 5.69 Å². The first-order valence-corrected chi connectivity index (χ1v) is 5.68. The van der Waals surface area contributed by atoms with E-state index in [1.165, 1.54) is 0 Å². The normalized spacial score (nSPS) is 16.4. The molecule has 1 N–H and O–H groups in total. The first kappa shape index (κ1) is 11.2. The molecule has 16 heavy (non-hydrogen) atoms. The third-order valence-corrected chi connectivity index (χ3v) is 2.64. The van der Waals surface area contributed by atoms with E-state index in [9.17, 15) is 4.79 Å². The minimum absolute atomic E-state index is 0.0387. The first-order chi connectivity index (χ1) is 7.37. The molecule has 4 nitrogen and oxygen atoms in total. The van der Waals surface area contributed by atoms with Gasteiger partial charge in [0.25, 0.3) is 0 Å². The second-order valence-corrected chi connectivity index (χ2v) is 5.75. The van der Waals surface area contributed by atoms with Crippen molar-refractivity contribution in [2.24, 2.45) is 5.41 Å². The summed E-state index contributed by atoms with van der Waals surface area (Å²) in [4.78, 5) is 11.1. The third kappa shape index (κ3) is 2.43. The van der Waals surface area contributed by atoms with Crippen molar-refractivity contribution in [3.63, 3.8) is 0 Å². The van der Waals surface area contributed by atoms with Crippen LogP contribution in [0.15, 0.2) is 6.07 Å². The summed E-state index contributed by atoms with van der Waals surface area (Å²) < 4.78 is 1.63. The van der Waals surface area contributed by atoms with Crippen LogP contribution in [-0.4, -0.2) is 20.9 Å². The molecule has 1 aliphatic rings. The third-order valence-electron chi connectivity index (χ3n) is 2.64. The fourth-order valence-corrected chi connectivity index (χ4v) is 1.76. The average Bonchev–Trinajstić information content (AvgIpc) is 2.86. The summed E-state index contributed by atoms with van der Waals surface area (Å²) in [6.07, 6.45) is 2.29. The van der Waals surface area contributed by atoms with Gasteiger partial charge < -0.3 is 5.11 Å². The minimum Gasteiger partial charge on any atom is -0.477 e. The van der Waals surface area contributed by atoms with Crippen LogP contribution in [0.25, 0.3) is 0 Å². The summed E-state index contributed by atoms with van der Waals surface area (Å²) in [5, 5.41) is 13.5. The maximum atomic E-state index is 11.1. The van der Waals surface area contributed by atoms with Crippen LogP contribution < -0.4 is 0 Å². The Morgan fingerprint density at radius 3 is 2.62 bits per heavy atom. The number of aromatic nitrogens is 2. The Morgan fingerprint density at radius 2 is 2.19 bits per heavy atom. The van der Waals surface area contributed by atoms with Crippen LogP contribution in [0.3, 0.4) is 0 Å². The number of hydrogen-bond donors (Lipinski definition) is 1. The van der Waals surface area contributed by atoms with Crippen LogP contribution in [0.1, 0.15) is 55.7 Å². The quantitative estimate of drug-likeness (QED) is 0.854. The van der Waals surface area contributed by atoms with Gasteiger partial charge in [0.15, 0.2) is 0 Å². The maximum Gasteiger partial charge on any atom is 0.354 e. The molecule has 4 heteroatoms. The second kappa shape index (κ2) is 3.61. The molecule has 0 aliphatic heterocycles. The zero-order valence-corrected chi connectivity index (χ0v) is 10.0. The Labute approximate surface area is 95.3 Å². The summed E-state index contributed by atoms with van der Waals surface area (Å²) in [6, 6.07) is 1.73. The number of nitrogens with zero attached hydrogens (tertiary/aromatic N) is 2. The van der Waals surface area contributed by atoms with Crippen molar-refractivity contribution in [2.75, 3.05) is 0 Å². The van der Waals surface area contributed by atoms with Gasteiger partial charge >= 0.3 is 5.97 Å². The molecule has 88 valence electrons. The number of carbonyl (C=O) groups is 1. The molecule has 0 saturated heterocycles. The lowest BCUT2D eigenvalue weighted by Gasteiger charge is -2.18. The molecule has 1 saturated carbocycles. The standard InChI is InChI=1S/C12H18N2O2/c1-12(2,3)7-14-10(11(15)16)6-9(13-14)8-4-5-8/h6,8H,4-5,7H2,1-3H3,(H,15,16). The number of carboxylic acids is 1. The molecular weight excluding hydrogens is 204 g/mol. The summed E-state index contributed by atoms with van der Waals surface area (Å²) in [6.45, 7) is 6.88. The van der Waals surface area contributed by atoms with Crippen molar-refractivity contribution in [1.29, 1.82) is 0 Å². The zero-order valence-electron chi connectivity index (χ0n) is 10.0. The van der Waals surface area contributed by atoms with Crippen LogP contribution >= 0.6 is 0 Å². The van der Waals surface area contributed by atoms with Gasteiger partial charge in [-0.25, -0.2) is 4.79 Å². The molecule has 1 aliphatic carbocycles. The second-order valence-electron chi connectivity index (χ2n) is 5.75. The summed E-state index contributed by atoms with van der Waals surface area (Å²) in [5.74, 6) is -0.386. The van der Waals surface area contributed by atoms with Crippen LogP contribution in [-0.2, 0) is 6.54 Å². The summed E-state index contributed by atoms with van der Waals surface area (Å²) in [7, 11) is 0. The highest BCUT2D eigenvalue weighted by molar-refractivity contribution is 5.85. The predicted molar refractivity (Wildman–Crippen MR) is 60.6 cm³/mol. The van der Waals surface area contributed by atoms with E-state index in [-0.39, 0.29) is 5.41 Å². The van der Waals surface area contributed by atoms with Crippen molar-refractivity contribution < 1.29 is 9.90 Å². The molecule has 2 rings (SSSR count). The molecule has 1 aromatic heterocycles. The summed E-state index contributed by atoms with van der Waals surface area (Å²) >= 11 is 0. The number of carboxylic acid groups (broad SMARTS) is 1. The van der Waals surface area contributed by atoms with E-state index >= 15 is 0 Å². The Bertz CT molecular complexity index is 411. The van der Waals surface area contributed by atoms with Crippen molar-refractivity contribution in [3.8, 4) is 0 Å². The molecule has 0 aromatic carbocycles. The van der Waals surface area contributed by atoms with Gasteiger partial charge in [-0.1, -0.05) is 20.8 Å².